The molecule has 0 aromatic heterocycles. The van der Waals surface area contributed by atoms with Crippen LogP contribution in [-0.2, 0) is 0 Å². The third kappa shape index (κ3) is 4.34. The molecule has 1 aliphatic rings. The van der Waals surface area contributed by atoms with Gasteiger partial charge in [0.1, 0.15) is 5.71 Å². The Bertz CT molecular complexity index is 544. The van der Waals surface area contributed by atoms with E-state index in [0.29, 0.717) is 18.7 Å². The lowest BCUT2D eigenvalue weighted by Crippen LogP contribution is -2.50. The number of hydrogen-bond donors (Lipinski definition) is 1. The van der Waals surface area contributed by atoms with Gasteiger partial charge in [0.2, 0.25) is 0 Å². The van der Waals surface area contributed by atoms with E-state index in [2.05, 4.69) is 10.5 Å². The molecule has 1 aromatic carbocycles. The third-order valence-electron chi connectivity index (χ3n) is 3.38. The van der Waals surface area contributed by atoms with Crippen LogP contribution in [0.4, 0.5) is 8.78 Å². The molecule has 0 atom stereocenters. The first-order valence-electron chi connectivity index (χ1n) is 7.20. The molecular weight excluding hydrogens is 288 g/mol. The Hall–Kier alpha value is -1.82. The summed E-state index contributed by atoms with van der Waals surface area (Å²) < 4.78 is 28.2. The van der Waals surface area contributed by atoms with Crippen molar-refractivity contribution in [3.8, 4) is 0 Å². The summed E-state index contributed by atoms with van der Waals surface area (Å²) in [5.41, 5.74) is 2.36. The average Bonchev–Trinajstić information content (AvgIpc) is 2.45. The SMILES string of the molecule is C[C](C)CN1CCC(=NNC(=O)c2ccccc2)C(F)(F)C1. The van der Waals surface area contributed by atoms with E-state index >= 15 is 0 Å². The molecule has 0 unspecified atom stereocenters. The molecule has 1 aliphatic heterocycles. The Labute approximate surface area is 129 Å². The smallest absolute Gasteiger partial charge is 0.296 e. The maximum atomic E-state index is 14.1. The highest BCUT2D eigenvalue weighted by atomic mass is 19.3. The molecule has 0 saturated carbocycles. The predicted molar refractivity (Wildman–Crippen MR) is 81.9 cm³/mol. The van der Waals surface area contributed by atoms with Gasteiger partial charge >= 0.3 is 0 Å². The van der Waals surface area contributed by atoms with Gasteiger partial charge in [0.05, 0.1) is 6.54 Å². The van der Waals surface area contributed by atoms with Gasteiger partial charge < -0.3 is 0 Å². The van der Waals surface area contributed by atoms with Crippen LogP contribution in [0.15, 0.2) is 35.4 Å². The molecule has 1 amide bonds. The van der Waals surface area contributed by atoms with E-state index in [4.69, 9.17) is 0 Å². The first-order valence-corrected chi connectivity index (χ1v) is 7.20. The van der Waals surface area contributed by atoms with Crippen LogP contribution in [0.5, 0.6) is 0 Å². The van der Waals surface area contributed by atoms with Gasteiger partial charge in [0, 0.05) is 25.1 Å². The minimum atomic E-state index is -3.02. The topological polar surface area (TPSA) is 44.7 Å². The zero-order valence-corrected chi connectivity index (χ0v) is 12.8. The van der Waals surface area contributed by atoms with E-state index in [9.17, 15) is 13.6 Å². The van der Waals surface area contributed by atoms with Crippen LogP contribution < -0.4 is 5.43 Å². The van der Waals surface area contributed by atoms with Gasteiger partial charge in [-0.2, -0.15) is 13.9 Å². The molecule has 1 saturated heterocycles. The lowest BCUT2D eigenvalue weighted by Gasteiger charge is -2.34. The standard InChI is InChI=1S/C16H20F2N3O/c1-12(2)10-21-9-8-14(16(17,18)11-21)19-20-15(22)13-6-4-3-5-7-13/h3-7H,8-11H2,1-2H3,(H,20,22). The van der Waals surface area contributed by atoms with Gasteiger partial charge in [-0.25, -0.2) is 5.43 Å². The molecule has 2 rings (SSSR count). The van der Waals surface area contributed by atoms with Crippen molar-refractivity contribution in [3.63, 3.8) is 0 Å². The monoisotopic (exact) mass is 308 g/mol. The molecule has 1 fully saturated rings. The van der Waals surface area contributed by atoms with Crippen LogP contribution in [0.2, 0.25) is 0 Å². The molecular formula is C16H20F2N3O. The number of piperidine rings is 1. The second-order valence-electron chi connectivity index (χ2n) is 5.74. The summed E-state index contributed by atoms with van der Waals surface area (Å²) in [6, 6.07) is 8.41. The Kier molecular flexibility index (Phi) is 5.24. The Balaban J connectivity index is 1.99. The van der Waals surface area contributed by atoms with Crippen molar-refractivity contribution in [2.45, 2.75) is 26.2 Å². The molecule has 0 spiro atoms. The second-order valence-corrected chi connectivity index (χ2v) is 5.74. The largest absolute Gasteiger partial charge is 0.300 e. The molecule has 0 bridgehead atoms. The normalized spacial score (nSPS) is 20.3. The summed E-state index contributed by atoms with van der Waals surface area (Å²) in [6.45, 7) is 4.54. The molecule has 22 heavy (non-hydrogen) atoms. The van der Waals surface area contributed by atoms with E-state index < -0.39 is 11.8 Å². The highest BCUT2D eigenvalue weighted by Crippen LogP contribution is 2.25. The van der Waals surface area contributed by atoms with Crippen molar-refractivity contribution >= 4 is 11.6 Å². The molecule has 119 valence electrons. The van der Waals surface area contributed by atoms with Crippen LogP contribution in [0.3, 0.4) is 0 Å². The lowest BCUT2D eigenvalue weighted by molar-refractivity contribution is 0.0186. The summed E-state index contributed by atoms with van der Waals surface area (Å²) >= 11 is 0. The molecule has 1 aromatic rings. The van der Waals surface area contributed by atoms with Crippen molar-refractivity contribution in [1.29, 1.82) is 0 Å². The van der Waals surface area contributed by atoms with Crippen LogP contribution >= 0.6 is 0 Å². The minimum absolute atomic E-state index is 0.148. The summed E-state index contributed by atoms with van der Waals surface area (Å²) in [5.74, 6) is -2.41. The number of nitrogens with zero attached hydrogens (tertiary/aromatic N) is 2. The number of hydrogen-bond acceptors (Lipinski definition) is 3. The number of carbonyl (C=O) groups is 1. The fourth-order valence-corrected chi connectivity index (χ4v) is 2.39. The Morgan fingerprint density at radius 3 is 2.59 bits per heavy atom. The zero-order valence-electron chi connectivity index (χ0n) is 12.8. The number of halogens is 2. The number of carbonyl (C=O) groups excluding carboxylic acids is 1. The summed E-state index contributed by atoms with van der Waals surface area (Å²) in [4.78, 5) is 13.5. The number of amides is 1. The fraction of sp³-hybridized carbons (Fsp3) is 0.438. The quantitative estimate of drug-likeness (QED) is 0.869. The first-order chi connectivity index (χ1) is 10.4. The molecule has 6 heteroatoms. The Morgan fingerprint density at radius 1 is 1.32 bits per heavy atom. The second kappa shape index (κ2) is 6.96. The minimum Gasteiger partial charge on any atom is -0.296 e. The van der Waals surface area contributed by atoms with E-state index in [0.717, 1.165) is 5.92 Å². The van der Waals surface area contributed by atoms with E-state index in [1.165, 1.54) is 0 Å². The van der Waals surface area contributed by atoms with Gasteiger partial charge in [0.25, 0.3) is 11.8 Å². The molecule has 1 heterocycles. The van der Waals surface area contributed by atoms with Crippen molar-refractivity contribution in [2.24, 2.45) is 5.10 Å². The number of nitrogens with one attached hydrogen (secondary N) is 1. The number of rotatable bonds is 4. The van der Waals surface area contributed by atoms with Gasteiger partial charge in [0.15, 0.2) is 0 Å². The predicted octanol–water partition coefficient (Wildman–Crippen LogP) is 2.73. The van der Waals surface area contributed by atoms with Gasteiger partial charge in [-0.3, -0.25) is 9.69 Å². The average molecular weight is 308 g/mol. The van der Waals surface area contributed by atoms with E-state index in [-0.39, 0.29) is 18.7 Å². The van der Waals surface area contributed by atoms with Crippen LogP contribution in [0.25, 0.3) is 0 Å². The highest BCUT2D eigenvalue weighted by molar-refractivity contribution is 5.97. The van der Waals surface area contributed by atoms with Crippen molar-refractivity contribution in [1.82, 2.24) is 10.3 Å². The van der Waals surface area contributed by atoms with E-state index in [1.807, 2.05) is 13.8 Å². The number of likely N-dealkylation sites (tertiary alicyclic amines) is 1. The van der Waals surface area contributed by atoms with Crippen molar-refractivity contribution < 1.29 is 13.6 Å². The van der Waals surface area contributed by atoms with Crippen LogP contribution in [0.1, 0.15) is 30.6 Å². The highest BCUT2D eigenvalue weighted by Gasteiger charge is 2.41. The summed E-state index contributed by atoms with van der Waals surface area (Å²) in [7, 11) is 0. The maximum Gasteiger partial charge on any atom is 0.300 e. The fourth-order valence-electron chi connectivity index (χ4n) is 2.39. The lowest BCUT2D eigenvalue weighted by atomic mass is 10.0. The third-order valence-corrected chi connectivity index (χ3v) is 3.38. The first kappa shape index (κ1) is 16.5. The number of benzene rings is 1. The van der Waals surface area contributed by atoms with Gasteiger partial charge in [-0.05, 0) is 18.1 Å². The Morgan fingerprint density at radius 2 is 2.00 bits per heavy atom. The van der Waals surface area contributed by atoms with Gasteiger partial charge in [-0.15, -0.1) is 0 Å². The summed E-state index contributed by atoms with van der Waals surface area (Å²) in [5, 5.41) is 3.66. The van der Waals surface area contributed by atoms with Crippen molar-refractivity contribution in [3.05, 3.63) is 41.8 Å². The van der Waals surface area contributed by atoms with E-state index in [1.54, 1.807) is 35.2 Å². The maximum absolute atomic E-state index is 14.1. The molecule has 1 radical (unpaired) electrons. The number of alkyl halides is 2. The molecule has 4 nitrogen and oxygen atoms in total. The van der Waals surface area contributed by atoms with Gasteiger partial charge in [-0.1, -0.05) is 32.0 Å². The van der Waals surface area contributed by atoms with Crippen molar-refractivity contribution in [2.75, 3.05) is 19.6 Å². The van der Waals surface area contributed by atoms with Crippen LogP contribution in [-0.4, -0.2) is 42.1 Å². The zero-order chi connectivity index (χ0) is 16.2. The molecule has 1 N–H and O–H groups in total. The van der Waals surface area contributed by atoms with Crippen LogP contribution in [0, 0.1) is 5.92 Å². The molecule has 0 aliphatic carbocycles. The summed E-state index contributed by atoms with van der Waals surface area (Å²) in [6.07, 6.45) is 0.148. The number of hydrazone groups is 1.